The van der Waals surface area contributed by atoms with Crippen LogP contribution in [0.15, 0.2) is 77.8 Å². The van der Waals surface area contributed by atoms with Gasteiger partial charge in [-0.15, -0.1) is 0 Å². The summed E-state index contributed by atoms with van der Waals surface area (Å²) in [5.41, 5.74) is 7.03. The lowest BCUT2D eigenvalue weighted by Crippen LogP contribution is -2.29. The molecule has 0 radical (unpaired) electrons. The Bertz CT molecular complexity index is 1150. The summed E-state index contributed by atoms with van der Waals surface area (Å²) in [5, 5.41) is 5.02. The SMILES string of the molecule is Cc1ccc2c(c1)C1C=CCC1C(c1ccc(N=Cc3ccc(Cl)cc3Cl)cc1)N2. The van der Waals surface area contributed by atoms with Gasteiger partial charge in [-0.1, -0.05) is 71.2 Å². The topological polar surface area (TPSA) is 24.4 Å². The molecule has 1 N–H and O–H groups in total. The predicted octanol–water partition coefficient (Wildman–Crippen LogP) is 7.88. The van der Waals surface area contributed by atoms with E-state index in [9.17, 15) is 0 Å². The maximum atomic E-state index is 6.24. The fourth-order valence-electron chi connectivity index (χ4n) is 4.56. The van der Waals surface area contributed by atoms with Crippen LogP contribution in [0.3, 0.4) is 0 Å². The fraction of sp³-hybridized carbons (Fsp3) is 0.192. The van der Waals surface area contributed by atoms with Crippen LogP contribution in [0.2, 0.25) is 10.0 Å². The van der Waals surface area contributed by atoms with Gasteiger partial charge in [0.05, 0.1) is 16.8 Å². The highest BCUT2D eigenvalue weighted by molar-refractivity contribution is 6.36. The Hall–Kier alpha value is -2.55. The molecule has 3 unspecified atom stereocenters. The lowest BCUT2D eigenvalue weighted by atomic mass is 9.76. The first kappa shape index (κ1) is 19.4. The molecule has 30 heavy (non-hydrogen) atoms. The van der Waals surface area contributed by atoms with Gasteiger partial charge in [0.15, 0.2) is 0 Å². The minimum atomic E-state index is 0.295. The Morgan fingerprint density at radius 2 is 1.83 bits per heavy atom. The Labute approximate surface area is 187 Å². The number of nitrogens with zero attached hydrogens (tertiary/aromatic N) is 1. The van der Waals surface area contributed by atoms with E-state index in [2.05, 4.69) is 71.8 Å². The molecule has 1 aliphatic heterocycles. The molecule has 2 nitrogen and oxygen atoms in total. The number of fused-ring (bicyclic) bond motifs is 3. The number of aliphatic imine (C=N–C) groups is 1. The van der Waals surface area contributed by atoms with E-state index in [0.717, 1.165) is 17.7 Å². The van der Waals surface area contributed by atoms with Crippen molar-refractivity contribution in [1.82, 2.24) is 0 Å². The maximum Gasteiger partial charge on any atom is 0.0630 e. The normalized spacial score (nSPS) is 22.0. The Kier molecular flexibility index (Phi) is 5.14. The summed E-state index contributed by atoms with van der Waals surface area (Å²) < 4.78 is 0. The van der Waals surface area contributed by atoms with Crippen molar-refractivity contribution < 1.29 is 0 Å². The molecule has 150 valence electrons. The lowest BCUT2D eigenvalue weighted by molar-refractivity contribution is 0.425. The zero-order valence-corrected chi connectivity index (χ0v) is 18.2. The zero-order valence-electron chi connectivity index (χ0n) is 16.6. The molecule has 1 aliphatic carbocycles. The van der Waals surface area contributed by atoms with Gasteiger partial charge in [-0.2, -0.15) is 0 Å². The number of rotatable bonds is 3. The summed E-state index contributed by atoms with van der Waals surface area (Å²) in [5.74, 6) is 1.03. The highest BCUT2D eigenvalue weighted by Crippen LogP contribution is 2.50. The summed E-state index contributed by atoms with van der Waals surface area (Å²) in [4.78, 5) is 4.58. The largest absolute Gasteiger partial charge is 0.378 e. The summed E-state index contributed by atoms with van der Waals surface area (Å²) in [7, 11) is 0. The minimum absolute atomic E-state index is 0.295. The number of nitrogens with one attached hydrogen (secondary N) is 1. The standard InChI is InChI=1S/C26H22Cl2N2/c1-16-5-12-25-23(13-16)21-3-2-4-22(21)26(30-25)17-7-10-20(11-8-17)29-15-18-6-9-19(27)14-24(18)28/h2-3,5-15,21-22,26,30H,4H2,1H3. The van der Waals surface area contributed by atoms with Crippen molar-refractivity contribution in [1.29, 1.82) is 0 Å². The van der Waals surface area contributed by atoms with Gasteiger partial charge in [-0.25, -0.2) is 0 Å². The van der Waals surface area contributed by atoms with Crippen molar-refractivity contribution in [3.05, 3.63) is 105 Å². The third-order valence-corrected chi connectivity index (χ3v) is 6.65. The highest BCUT2D eigenvalue weighted by Gasteiger charge is 2.37. The van der Waals surface area contributed by atoms with Crippen LogP contribution < -0.4 is 5.32 Å². The molecule has 4 heteroatoms. The molecular weight excluding hydrogens is 411 g/mol. The van der Waals surface area contributed by atoms with Crippen LogP contribution in [0.4, 0.5) is 11.4 Å². The van der Waals surface area contributed by atoms with E-state index in [-0.39, 0.29) is 0 Å². The fourth-order valence-corrected chi connectivity index (χ4v) is 5.02. The van der Waals surface area contributed by atoms with Gasteiger partial charge in [0, 0.05) is 28.4 Å². The number of hydrogen-bond acceptors (Lipinski definition) is 2. The van der Waals surface area contributed by atoms with Crippen molar-refractivity contribution in [2.45, 2.75) is 25.3 Å². The van der Waals surface area contributed by atoms with Gasteiger partial charge in [0.25, 0.3) is 0 Å². The van der Waals surface area contributed by atoms with Crippen LogP contribution in [-0.4, -0.2) is 6.21 Å². The van der Waals surface area contributed by atoms with Crippen molar-refractivity contribution in [3.63, 3.8) is 0 Å². The molecule has 0 saturated carbocycles. The summed E-state index contributed by atoms with van der Waals surface area (Å²) >= 11 is 12.2. The van der Waals surface area contributed by atoms with Crippen molar-refractivity contribution >= 4 is 40.8 Å². The molecule has 0 fully saturated rings. The number of benzene rings is 3. The first-order valence-electron chi connectivity index (χ1n) is 10.2. The molecule has 0 saturated heterocycles. The Morgan fingerprint density at radius 3 is 2.63 bits per heavy atom. The average molecular weight is 433 g/mol. The van der Waals surface area contributed by atoms with Gasteiger partial charge >= 0.3 is 0 Å². The van der Waals surface area contributed by atoms with E-state index < -0.39 is 0 Å². The Morgan fingerprint density at radius 1 is 1.00 bits per heavy atom. The van der Waals surface area contributed by atoms with Crippen molar-refractivity contribution in [3.8, 4) is 0 Å². The second-order valence-electron chi connectivity index (χ2n) is 8.08. The minimum Gasteiger partial charge on any atom is -0.378 e. The lowest BCUT2D eigenvalue weighted by Gasteiger charge is -2.37. The summed E-state index contributed by atoms with van der Waals surface area (Å²) in [6, 6.07) is 20.9. The predicted molar refractivity (Wildman–Crippen MR) is 128 cm³/mol. The molecule has 2 aliphatic rings. The Balaban J connectivity index is 1.39. The first-order valence-corrected chi connectivity index (χ1v) is 11.0. The molecule has 0 aromatic heterocycles. The summed E-state index contributed by atoms with van der Waals surface area (Å²) in [6.07, 6.45) is 7.59. The van der Waals surface area contributed by atoms with Gasteiger partial charge in [0.2, 0.25) is 0 Å². The van der Waals surface area contributed by atoms with E-state index in [0.29, 0.717) is 27.9 Å². The number of halogens is 2. The number of anilines is 1. The van der Waals surface area contributed by atoms with Gasteiger partial charge < -0.3 is 5.32 Å². The third-order valence-electron chi connectivity index (χ3n) is 6.09. The van der Waals surface area contributed by atoms with Gasteiger partial charge in [0.1, 0.15) is 0 Å². The van der Waals surface area contributed by atoms with E-state index in [1.807, 2.05) is 12.1 Å². The average Bonchev–Trinajstić information content (AvgIpc) is 3.23. The number of hydrogen-bond donors (Lipinski definition) is 1. The van der Waals surface area contributed by atoms with E-state index in [1.54, 1.807) is 12.3 Å². The monoisotopic (exact) mass is 432 g/mol. The molecule has 1 heterocycles. The van der Waals surface area contributed by atoms with Crippen LogP contribution in [0.5, 0.6) is 0 Å². The summed E-state index contributed by atoms with van der Waals surface area (Å²) in [6.45, 7) is 2.16. The molecular formula is C26H22Cl2N2. The highest BCUT2D eigenvalue weighted by atomic mass is 35.5. The van der Waals surface area contributed by atoms with Crippen LogP contribution in [-0.2, 0) is 0 Å². The van der Waals surface area contributed by atoms with Crippen LogP contribution in [0.1, 0.15) is 40.6 Å². The van der Waals surface area contributed by atoms with Gasteiger partial charge in [-0.3, -0.25) is 4.99 Å². The van der Waals surface area contributed by atoms with E-state index in [1.165, 1.54) is 22.4 Å². The smallest absolute Gasteiger partial charge is 0.0630 e. The molecule has 3 aromatic carbocycles. The van der Waals surface area contributed by atoms with E-state index >= 15 is 0 Å². The van der Waals surface area contributed by atoms with E-state index in [4.69, 9.17) is 23.2 Å². The quantitative estimate of drug-likeness (QED) is 0.330. The first-order chi connectivity index (χ1) is 14.6. The van der Waals surface area contributed by atoms with Crippen LogP contribution >= 0.6 is 23.2 Å². The number of aryl methyl sites for hydroxylation is 1. The van der Waals surface area contributed by atoms with Crippen molar-refractivity contribution in [2.75, 3.05) is 5.32 Å². The van der Waals surface area contributed by atoms with Crippen LogP contribution in [0, 0.1) is 12.8 Å². The second kappa shape index (κ2) is 7.94. The number of allylic oxidation sites excluding steroid dienone is 2. The molecule has 3 atom stereocenters. The zero-order chi connectivity index (χ0) is 20.7. The van der Waals surface area contributed by atoms with Crippen LogP contribution in [0.25, 0.3) is 0 Å². The maximum absolute atomic E-state index is 6.24. The molecule has 5 rings (SSSR count). The molecule has 0 bridgehead atoms. The van der Waals surface area contributed by atoms with Crippen molar-refractivity contribution in [2.24, 2.45) is 10.9 Å². The second-order valence-corrected chi connectivity index (χ2v) is 8.93. The molecule has 3 aromatic rings. The molecule has 0 amide bonds. The van der Waals surface area contributed by atoms with Gasteiger partial charge in [-0.05, 0) is 60.7 Å². The molecule has 0 spiro atoms. The third kappa shape index (κ3) is 3.66.